The monoisotopic (exact) mass is 383 g/mol. The maximum atomic E-state index is 13.6. The van der Waals surface area contributed by atoms with Gasteiger partial charge in [0.2, 0.25) is 0 Å². The zero-order chi connectivity index (χ0) is 19.8. The third-order valence-corrected chi connectivity index (χ3v) is 4.39. The number of hydrogen-bond donors (Lipinski definition) is 1. The minimum Gasteiger partial charge on any atom is -0.493 e. The Morgan fingerprint density at radius 2 is 1.61 bits per heavy atom. The van der Waals surface area contributed by atoms with Crippen molar-refractivity contribution >= 4 is 0 Å². The fourth-order valence-corrected chi connectivity index (χ4v) is 2.84. The van der Waals surface area contributed by atoms with Crippen molar-refractivity contribution in [1.29, 1.82) is 0 Å². The molecule has 3 nitrogen and oxygen atoms in total. The molecule has 0 aromatic heterocycles. The Labute approximate surface area is 163 Å². The molecule has 0 spiro atoms. The van der Waals surface area contributed by atoms with Crippen molar-refractivity contribution in [3.63, 3.8) is 0 Å². The number of benzene rings is 3. The smallest absolute Gasteiger partial charge is 0.161 e. The van der Waals surface area contributed by atoms with Gasteiger partial charge in [0, 0.05) is 6.54 Å². The Bertz CT molecular complexity index is 897. The molecule has 0 aliphatic carbocycles. The second-order valence-corrected chi connectivity index (χ2v) is 6.42. The summed E-state index contributed by atoms with van der Waals surface area (Å²) in [4.78, 5) is 0. The third-order valence-electron chi connectivity index (χ3n) is 4.39. The van der Waals surface area contributed by atoms with Gasteiger partial charge in [-0.3, -0.25) is 0 Å². The standard InChI is InChI=1S/C23H23F2NO2/c1-27-23-14-18(15-26-13-12-19-4-2-3-5-21(19)25)8-11-22(23)28-16-17-6-9-20(24)10-7-17/h2-11,14,26H,12-13,15-16H2,1H3. The molecule has 1 N–H and O–H groups in total. The van der Waals surface area contributed by atoms with Crippen molar-refractivity contribution in [2.24, 2.45) is 0 Å². The number of rotatable bonds is 9. The average molecular weight is 383 g/mol. The summed E-state index contributed by atoms with van der Waals surface area (Å²) in [6.07, 6.45) is 0.628. The fourth-order valence-electron chi connectivity index (χ4n) is 2.84. The highest BCUT2D eigenvalue weighted by atomic mass is 19.1. The van der Waals surface area contributed by atoms with Gasteiger partial charge < -0.3 is 14.8 Å². The van der Waals surface area contributed by atoms with Crippen molar-refractivity contribution < 1.29 is 18.3 Å². The SMILES string of the molecule is COc1cc(CNCCc2ccccc2F)ccc1OCc1ccc(F)cc1. The second kappa shape index (κ2) is 9.85. The molecule has 3 aromatic rings. The summed E-state index contributed by atoms with van der Waals surface area (Å²) in [7, 11) is 1.59. The quantitative estimate of drug-likeness (QED) is 0.534. The van der Waals surface area contributed by atoms with Crippen LogP contribution in [-0.4, -0.2) is 13.7 Å². The van der Waals surface area contributed by atoms with Crippen LogP contribution in [0.1, 0.15) is 16.7 Å². The van der Waals surface area contributed by atoms with E-state index in [0.717, 1.165) is 11.1 Å². The van der Waals surface area contributed by atoms with E-state index in [1.165, 1.54) is 18.2 Å². The number of methoxy groups -OCH3 is 1. The summed E-state index contributed by atoms with van der Waals surface area (Å²) >= 11 is 0. The van der Waals surface area contributed by atoms with E-state index in [0.29, 0.717) is 43.2 Å². The van der Waals surface area contributed by atoms with Crippen LogP contribution in [0.15, 0.2) is 66.7 Å². The first kappa shape index (κ1) is 19.8. The molecule has 0 saturated heterocycles. The maximum absolute atomic E-state index is 13.6. The van der Waals surface area contributed by atoms with Gasteiger partial charge in [0.1, 0.15) is 18.2 Å². The van der Waals surface area contributed by atoms with Crippen LogP contribution in [0.5, 0.6) is 11.5 Å². The number of nitrogens with one attached hydrogen (secondary N) is 1. The van der Waals surface area contributed by atoms with Crippen LogP contribution in [-0.2, 0) is 19.6 Å². The molecular weight excluding hydrogens is 360 g/mol. The number of halogens is 2. The van der Waals surface area contributed by atoms with Crippen LogP contribution in [0.25, 0.3) is 0 Å². The lowest BCUT2D eigenvalue weighted by Crippen LogP contribution is -2.17. The Kier molecular flexibility index (Phi) is 6.98. The lowest BCUT2D eigenvalue weighted by molar-refractivity contribution is 0.284. The molecule has 0 heterocycles. The molecule has 0 atom stereocenters. The summed E-state index contributed by atoms with van der Waals surface area (Å²) < 4.78 is 37.8. The van der Waals surface area contributed by atoms with Crippen molar-refractivity contribution in [1.82, 2.24) is 5.32 Å². The van der Waals surface area contributed by atoms with E-state index in [1.807, 2.05) is 24.3 Å². The summed E-state index contributed by atoms with van der Waals surface area (Å²) in [6.45, 7) is 1.64. The molecule has 0 saturated carbocycles. The minimum absolute atomic E-state index is 0.173. The van der Waals surface area contributed by atoms with Gasteiger partial charge in [-0.1, -0.05) is 36.4 Å². The first-order chi connectivity index (χ1) is 13.7. The highest BCUT2D eigenvalue weighted by Crippen LogP contribution is 2.29. The van der Waals surface area contributed by atoms with Crippen molar-refractivity contribution in [2.75, 3.05) is 13.7 Å². The molecule has 0 aliphatic heterocycles. The molecule has 3 rings (SSSR count). The Hall–Kier alpha value is -2.92. The third kappa shape index (κ3) is 5.54. The van der Waals surface area contributed by atoms with Crippen molar-refractivity contribution in [3.05, 3.63) is 95.1 Å². The van der Waals surface area contributed by atoms with Crippen LogP contribution in [0.4, 0.5) is 8.78 Å². The van der Waals surface area contributed by atoms with Crippen molar-refractivity contribution in [3.8, 4) is 11.5 Å². The Morgan fingerprint density at radius 1 is 0.857 bits per heavy atom. The lowest BCUT2D eigenvalue weighted by atomic mass is 10.1. The summed E-state index contributed by atoms with van der Waals surface area (Å²) in [5, 5.41) is 3.31. The van der Waals surface area contributed by atoms with Gasteiger partial charge in [-0.15, -0.1) is 0 Å². The van der Waals surface area contributed by atoms with E-state index in [2.05, 4.69) is 5.32 Å². The molecule has 146 valence electrons. The van der Waals surface area contributed by atoms with Gasteiger partial charge in [-0.05, 0) is 60.0 Å². The van der Waals surface area contributed by atoms with E-state index < -0.39 is 0 Å². The second-order valence-electron chi connectivity index (χ2n) is 6.42. The van der Waals surface area contributed by atoms with Crippen LogP contribution in [0.2, 0.25) is 0 Å². The zero-order valence-electron chi connectivity index (χ0n) is 15.8. The van der Waals surface area contributed by atoms with Crippen LogP contribution < -0.4 is 14.8 Å². The molecule has 0 unspecified atom stereocenters. The highest BCUT2D eigenvalue weighted by Gasteiger charge is 2.07. The van der Waals surface area contributed by atoms with E-state index >= 15 is 0 Å². The van der Waals surface area contributed by atoms with Gasteiger partial charge in [0.05, 0.1) is 7.11 Å². The van der Waals surface area contributed by atoms with Crippen molar-refractivity contribution in [2.45, 2.75) is 19.6 Å². The minimum atomic E-state index is -0.270. The summed E-state index contributed by atoms with van der Waals surface area (Å²) in [5.74, 6) is 0.819. The van der Waals surface area contributed by atoms with Crippen LogP contribution in [0, 0.1) is 11.6 Å². The van der Waals surface area contributed by atoms with E-state index in [4.69, 9.17) is 9.47 Å². The number of ether oxygens (including phenoxy) is 2. The fraction of sp³-hybridized carbons (Fsp3) is 0.217. The molecule has 0 bridgehead atoms. The van der Waals surface area contributed by atoms with Gasteiger partial charge in [0.15, 0.2) is 11.5 Å². The van der Waals surface area contributed by atoms with Gasteiger partial charge >= 0.3 is 0 Å². The van der Waals surface area contributed by atoms with Crippen LogP contribution >= 0.6 is 0 Å². The molecular formula is C23H23F2NO2. The summed E-state index contributed by atoms with van der Waals surface area (Å²) in [6, 6.07) is 18.7. The Morgan fingerprint density at radius 3 is 2.36 bits per heavy atom. The molecule has 5 heteroatoms. The van der Waals surface area contributed by atoms with Gasteiger partial charge in [0.25, 0.3) is 0 Å². The maximum Gasteiger partial charge on any atom is 0.161 e. The first-order valence-electron chi connectivity index (χ1n) is 9.14. The van der Waals surface area contributed by atoms with E-state index in [9.17, 15) is 8.78 Å². The molecule has 3 aromatic carbocycles. The molecule has 28 heavy (non-hydrogen) atoms. The molecule has 0 aliphatic rings. The Balaban J connectivity index is 1.52. The highest BCUT2D eigenvalue weighted by molar-refractivity contribution is 5.43. The molecule has 0 amide bonds. The molecule has 0 radical (unpaired) electrons. The number of hydrogen-bond acceptors (Lipinski definition) is 3. The lowest BCUT2D eigenvalue weighted by Gasteiger charge is -2.13. The predicted molar refractivity (Wildman–Crippen MR) is 106 cm³/mol. The van der Waals surface area contributed by atoms with Gasteiger partial charge in [-0.2, -0.15) is 0 Å². The predicted octanol–water partition coefficient (Wildman–Crippen LogP) is 4.88. The van der Waals surface area contributed by atoms with E-state index in [1.54, 1.807) is 31.4 Å². The molecule has 0 fully saturated rings. The topological polar surface area (TPSA) is 30.5 Å². The van der Waals surface area contributed by atoms with E-state index in [-0.39, 0.29) is 11.6 Å². The normalized spacial score (nSPS) is 10.7. The first-order valence-corrected chi connectivity index (χ1v) is 9.14. The van der Waals surface area contributed by atoms with Gasteiger partial charge in [-0.25, -0.2) is 8.78 Å². The average Bonchev–Trinajstić information content (AvgIpc) is 2.72. The summed E-state index contributed by atoms with van der Waals surface area (Å²) in [5.41, 5.74) is 2.62. The van der Waals surface area contributed by atoms with Crippen LogP contribution in [0.3, 0.4) is 0 Å². The zero-order valence-corrected chi connectivity index (χ0v) is 15.8. The largest absolute Gasteiger partial charge is 0.493 e.